The van der Waals surface area contributed by atoms with E-state index in [4.69, 9.17) is 5.11 Å². The Labute approximate surface area is 94.7 Å². The topological polar surface area (TPSA) is 75.1 Å². The number of nitrogens with zero attached hydrogens (tertiary/aromatic N) is 2. The summed E-state index contributed by atoms with van der Waals surface area (Å²) in [6, 6.07) is 0. The standard InChI is InChI=1S/C9H10F3N3O2/c10-9(11,12)1-2-13-4-7-6(8(16)17)3-14-5-15-7/h3,5,13H,1-2,4H2,(H,16,17). The number of carboxylic acids is 1. The summed E-state index contributed by atoms with van der Waals surface area (Å²) in [4.78, 5) is 18.0. The molecule has 5 nitrogen and oxygen atoms in total. The van der Waals surface area contributed by atoms with Crippen molar-refractivity contribution in [2.45, 2.75) is 19.1 Å². The van der Waals surface area contributed by atoms with E-state index in [2.05, 4.69) is 15.3 Å². The molecular formula is C9H10F3N3O2. The number of hydrogen-bond donors (Lipinski definition) is 2. The molecule has 0 fully saturated rings. The van der Waals surface area contributed by atoms with E-state index >= 15 is 0 Å². The molecule has 0 atom stereocenters. The third-order valence-electron chi connectivity index (χ3n) is 1.90. The van der Waals surface area contributed by atoms with E-state index < -0.39 is 18.6 Å². The molecule has 0 aliphatic rings. The average molecular weight is 249 g/mol. The average Bonchev–Trinajstić information content (AvgIpc) is 2.23. The molecule has 0 unspecified atom stereocenters. The van der Waals surface area contributed by atoms with E-state index in [9.17, 15) is 18.0 Å². The zero-order chi connectivity index (χ0) is 12.9. The lowest BCUT2D eigenvalue weighted by Crippen LogP contribution is -2.23. The van der Waals surface area contributed by atoms with Crippen LogP contribution in [0.3, 0.4) is 0 Å². The molecule has 0 bridgehead atoms. The van der Waals surface area contributed by atoms with Gasteiger partial charge in [0.1, 0.15) is 11.9 Å². The minimum absolute atomic E-state index is 0.0414. The maximum atomic E-state index is 11.8. The van der Waals surface area contributed by atoms with Gasteiger partial charge in [-0.1, -0.05) is 0 Å². The minimum Gasteiger partial charge on any atom is -0.478 e. The molecule has 0 amide bonds. The van der Waals surface area contributed by atoms with Gasteiger partial charge in [-0.25, -0.2) is 14.8 Å². The number of aromatic nitrogens is 2. The fraction of sp³-hybridized carbons (Fsp3) is 0.444. The summed E-state index contributed by atoms with van der Waals surface area (Å²) in [5, 5.41) is 11.2. The van der Waals surface area contributed by atoms with Gasteiger partial charge < -0.3 is 10.4 Å². The highest BCUT2D eigenvalue weighted by molar-refractivity contribution is 5.88. The smallest absolute Gasteiger partial charge is 0.390 e. The van der Waals surface area contributed by atoms with Gasteiger partial charge in [0.2, 0.25) is 0 Å². The van der Waals surface area contributed by atoms with Crippen molar-refractivity contribution in [2.24, 2.45) is 0 Å². The second-order valence-corrected chi connectivity index (χ2v) is 3.23. The van der Waals surface area contributed by atoms with Gasteiger partial charge >= 0.3 is 12.1 Å². The van der Waals surface area contributed by atoms with Crippen molar-refractivity contribution in [3.8, 4) is 0 Å². The number of hydrogen-bond acceptors (Lipinski definition) is 4. The van der Waals surface area contributed by atoms with Gasteiger partial charge in [0.15, 0.2) is 0 Å². The summed E-state index contributed by atoms with van der Waals surface area (Å²) < 4.78 is 35.5. The summed E-state index contributed by atoms with van der Waals surface area (Å²) in [7, 11) is 0. The van der Waals surface area contributed by atoms with Crippen molar-refractivity contribution < 1.29 is 23.1 Å². The van der Waals surface area contributed by atoms with Crippen LogP contribution in [0.15, 0.2) is 12.5 Å². The summed E-state index contributed by atoms with van der Waals surface area (Å²) in [6.07, 6.45) is -2.95. The molecule has 0 spiro atoms. The number of nitrogens with one attached hydrogen (secondary N) is 1. The number of carbonyl (C=O) groups is 1. The lowest BCUT2D eigenvalue weighted by atomic mass is 10.2. The van der Waals surface area contributed by atoms with Crippen LogP contribution in [-0.2, 0) is 6.54 Å². The van der Waals surface area contributed by atoms with Gasteiger partial charge in [0, 0.05) is 19.3 Å². The second-order valence-electron chi connectivity index (χ2n) is 3.23. The first-order valence-corrected chi connectivity index (χ1v) is 4.70. The van der Waals surface area contributed by atoms with Gasteiger partial charge in [-0.3, -0.25) is 0 Å². The fourth-order valence-electron chi connectivity index (χ4n) is 1.11. The normalized spacial score (nSPS) is 11.5. The second kappa shape index (κ2) is 5.58. The maximum absolute atomic E-state index is 11.8. The van der Waals surface area contributed by atoms with E-state index in [1.54, 1.807) is 0 Å². The molecular weight excluding hydrogens is 239 g/mol. The lowest BCUT2D eigenvalue weighted by Gasteiger charge is -2.08. The molecule has 1 rings (SSSR count). The van der Waals surface area contributed by atoms with Crippen LogP contribution in [0.5, 0.6) is 0 Å². The third kappa shape index (κ3) is 4.77. The number of carboxylic acid groups (broad SMARTS) is 1. The number of aromatic carboxylic acids is 1. The van der Waals surface area contributed by atoms with Crippen molar-refractivity contribution in [1.29, 1.82) is 0 Å². The monoisotopic (exact) mass is 249 g/mol. The molecule has 0 aromatic carbocycles. The van der Waals surface area contributed by atoms with E-state index in [0.29, 0.717) is 0 Å². The highest BCUT2D eigenvalue weighted by atomic mass is 19.4. The quantitative estimate of drug-likeness (QED) is 0.767. The van der Waals surface area contributed by atoms with Crippen LogP contribution in [0.25, 0.3) is 0 Å². The molecule has 17 heavy (non-hydrogen) atoms. The molecule has 94 valence electrons. The molecule has 0 radical (unpaired) electrons. The number of rotatable bonds is 5. The minimum atomic E-state index is -4.23. The molecule has 1 aromatic rings. The zero-order valence-electron chi connectivity index (χ0n) is 8.66. The maximum Gasteiger partial charge on any atom is 0.390 e. The van der Waals surface area contributed by atoms with Crippen molar-refractivity contribution in [2.75, 3.05) is 6.54 Å². The molecule has 8 heteroatoms. The van der Waals surface area contributed by atoms with Crippen molar-refractivity contribution in [1.82, 2.24) is 15.3 Å². The Morgan fingerprint density at radius 3 is 2.76 bits per heavy atom. The molecule has 2 N–H and O–H groups in total. The Hall–Kier alpha value is -1.70. The van der Waals surface area contributed by atoms with E-state index in [1.165, 1.54) is 0 Å². The number of alkyl halides is 3. The van der Waals surface area contributed by atoms with Crippen molar-refractivity contribution in [3.05, 3.63) is 23.8 Å². The highest BCUT2D eigenvalue weighted by Gasteiger charge is 2.26. The van der Waals surface area contributed by atoms with Crippen molar-refractivity contribution >= 4 is 5.97 Å². The van der Waals surface area contributed by atoms with Crippen molar-refractivity contribution in [3.63, 3.8) is 0 Å². The molecule has 0 saturated heterocycles. The van der Waals surface area contributed by atoms with Gasteiger partial charge in [0.05, 0.1) is 12.1 Å². The van der Waals surface area contributed by atoms with E-state index in [0.717, 1.165) is 12.5 Å². The molecule has 0 aliphatic carbocycles. The summed E-state index contributed by atoms with van der Waals surface area (Å²) in [6.45, 7) is -0.327. The van der Waals surface area contributed by atoms with Crippen LogP contribution in [0.2, 0.25) is 0 Å². The molecule has 0 saturated carbocycles. The van der Waals surface area contributed by atoms with Crippen LogP contribution >= 0.6 is 0 Å². The van der Waals surface area contributed by atoms with Crippen LogP contribution < -0.4 is 5.32 Å². The lowest BCUT2D eigenvalue weighted by molar-refractivity contribution is -0.133. The summed E-state index contributed by atoms with van der Waals surface area (Å²) in [5.41, 5.74) is 0.0432. The Balaban J connectivity index is 2.49. The first kappa shape index (κ1) is 13.4. The van der Waals surface area contributed by atoms with Gasteiger partial charge in [-0.15, -0.1) is 0 Å². The van der Waals surface area contributed by atoms with Gasteiger partial charge in [-0.2, -0.15) is 13.2 Å². The highest BCUT2D eigenvalue weighted by Crippen LogP contribution is 2.18. The Bertz CT molecular complexity index is 395. The largest absolute Gasteiger partial charge is 0.478 e. The van der Waals surface area contributed by atoms with Gasteiger partial charge in [0.25, 0.3) is 0 Å². The predicted octanol–water partition coefficient (Wildman–Crippen LogP) is 1.22. The fourth-order valence-corrected chi connectivity index (χ4v) is 1.11. The predicted molar refractivity (Wildman–Crippen MR) is 51.4 cm³/mol. The first-order chi connectivity index (χ1) is 7.90. The Morgan fingerprint density at radius 2 is 2.18 bits per heavy atom. The Morgan fingerprint density at radius 1 is 1.47 bits per heavy atom. The molecule has 0 aliphatic heterocycles. The molecule has 1 heterocycles. The molecule has 1 aromatic heterocycles. The van der Waals surface area contributed by atoms with Gasteiger partial charge in [-0.05, 0) is 0 Å². The third-order valence-corrected chi connectivity index (χ3v) is 1.90. The first-order valence-electron chi connectivity index (χ1n) is 4.70. The van der Waals surface area contributed by atoms with E-state index in [1.807, 2.05) is 0 Å². The SMILES string of the molecule is O=C(O)c1cncnc1CNCCC(F)(F)F. The van der Waals surface area contributed by atoms with E-state index in [-0.39, 0.29) is 24.3 Å². The van der Waals surface area contributed by atoms with Crippen LogP contribution in [0.4, 0.5) is 13.2 Å². The van der Waals surface area contributed by atoms with Crippen LogP contribution in [-0.4, -0.2) is 33.8 Å². The van der Waals surface area contributed by atoms with Crippen LogP contribution in [0, 0.1) is 0 Å². The summed E-state index contributed by atoms with van der Waals surface area (Å²) in [5.74, 6) is -1.21. The summed E-state index contributed by atoms with van der Waals surface area (Å²) >= 11 is 0. The zero-order valence-corrected chi connectivity index (χ0v) is 8.66. The Kier molecular flexibility index (Phi) is 4.38. The number of halogens is 3. The van der Waals surface area contributed by atoms with Crippen LogP contribution in [0.1, 0.15) is 22.5 Å².